The van der Waals surface area contributed by atoms with Crippen LogP contribution in [-0.4, -0.2) is 35.9 Å². The summed E-state index contributed by atoms with van der Waals surface area (Å²) in [5.74, 6) is 0. The predicted octanol–water partition coefficient (Wildman–Crippen LogP) is -0.804. The summed E-state index contributed by atoms with van der Waals surface area (Å²) in [4.78, 5) is 0. The second-order valence-corrected chi connectivity index (χ2v) is 2.27. The van der Waals surface area contributed by atoms with Crippen molar-refractivity contribution in [3.63, 3.8) is 0 Å². The fourth-order valence-corrected chi connectivity index (χ4v) is 0.684. The topological polar surface area (TPSA) is 35.5 Å². The van der Waals surface area contributed by atoms with Crippen LogP contribution in [0.3, 0.4) is 0 Å². The van der Waals surface area contributed by atoms with Crippen molar-refractivity contribution in [2.24, 2.45) is 0 Å². The molecule has 0 saturated heterocycles. The van der Waals surface area contributed by atoms with Crippen molar-refractivity contribution in [1.82, 2.24) is 0 Å². The second kappa shape index (κ2) is 9.91. The van der Waals surface area contributed by atoms with E-state index in [1.54, 1.807) is 8.05 Å². The Morgan fingerprint density at radius 1 is 1.45 bits per heavy atom. The molecule has 0 bridgehead atoms. The third kappa shape index (κ3) is 9.91. The van der Waals surface area contributed by atoms with Crippen LogP contribution in [0.15, 0.2) is 0 Å². The van der Waals surface area contributed by atoms with Gasteiger partial charge in [0.25, 0.3) is 0 Å². The van der Waals surface area contributed by atoms with Gasteiger partial charge in [0.05, 0.1) is 0 Å². The first kappa shape index (κ1) is 10.9. The van der Waals surface area contributed by atoms with E-state index >= 15 is 0 Å². The summed E-state index contributed by atoms with van der Waals surface area (Å²) in [6.45, 7) is 1.34. The molecule has 0 atom stereocenters. The van der Waals surface area contributed by atoms with Crippen LogP contribution in [0.4, 0.5) is 0 Å². The molecule has 0 aromatic heterocycles. The van der Waals surface area contributed by atoms with Gasteiger partial charge < -0.3 is 0 Å². The average Bonchev–Trinajstić information content (AvgIpc) is 2.03. The quantitative estimate of drug-likeness (QED) is 0.338. The van der Waals surface area contributed by atoms with Crippen LogP contribution in [0.5, 0.6) is 0 Å². The molecule has 0 rings (SSSR count). The monoisotopic (exact) mass is 154 g/mol. The van der Waals surface area contributed by atoms with Crippen LogP contribution in [0.25, 0.3) is 0 Å². The van der Waals surface area contributed by atoms with E-state index in [2.05, 4.69) is 0 Å². The third-order valence-corrected chi connectivity index (χ3v) is 1.27. The van der Waals surface area contributed by atoms with Crippen LogP contribution in [0.2, 0.25) is 12.6 Å². The van der Waals surface area contributed by atoms with Crippen LogP contribution in [-0.2, 0) is 14.0 Å². The Balaban J connectivity index is 2.74. The second-order valence-electron chi connectivity index (χ2n) is 2.27. The van der Waals surface area contributed by atoms with Gasteiger partial charge >= 0.3 is 69.0 Å². The van der Waals surface area contributed by atoms with Gasteiger partial charge in [0.15, 0.2) is 0 Å². The van der Waals surface area contributed by atoms with Gasteiger partial charge in [0.2, 0.25) is 0 Å². The van der Waals surface area contributed by atoms with Crippen LogP contribution < -0.4 is 0 Å². The Kier molecular flexibility index (Phi) is 9.84. The molecule has 60 valence electrons. The standard InChI is InChI=1S/C5H13B3O3/c6-10-4-1-2-8-11-5-3-7-9/h8H,1-6H2. The first-order chi connectivity index (χ1) is 5.41. The zero-order valence-corrected chi connectivity index (χ0v) is 7.04. The van der Waals surface area contributed by atoms with Crippen LogP contribution in [0, 0.1) is 0 Å². The summed E-state index contributed by atoms with van der Waals surface area (Å²) in [6, 6.07) is 0. The van der Waals surface area contributed by atoms with Gasteiger partial charge in [-0.2, -0.15) is 0 Å². The third-order valence-electron chi connectivity index (χ3n) is 1.27. The van der Waals surface area contributed by atoms with E-state index in [0.717, 1.165) is 34.0 Å². The Morgan fingerprint density at radius 2 is 2.27 bits per heavy atom. The van der Waals surface area contributed by atoms with Gasteiger partial charge in [-0.25, -0.2) is 0 Å². The molecule has 0 amide bonds. The van der Waals surface area contributed by atoms with Crippen molar-refractivity contribution in [3.8, 4) is 0 Å². The molecule has 0 spiro atoms. The summed E-state index contributed by atoms with van der Waals surface area (Å²) >= 11 is 0. The zero-order valence-electron chi connectivity index (χ0n) is 7.04. The molecule has 0 aromatic rings. The molecule has 0 aromatic carbocycles. The van der Waals surface area contributed by atoms with Crippen molar-refractivity contribution in [2.75, 3.05) is 13.2 Å². The minimum atomic E-state index is 0.504. The van der Waals surface area contributed by atoms with Gasteiger partial charge in [0.1, 0.15) is 0 Å². The SMILES string of the molecule is BOCCCBOCCB=O. The molecule has 0 heterocycles. The average molecular weight is 154 g/mol. The van der Waals surface area contributed by atoms with Crippen LogP contribution >= 0.6 is 0 Å². The molecule has 0 fully saturated rings. The zero-order chi connectivity index (χ0) is 8.36. The van der Waals surface area contributed by atoms with Crippen LogP contribution in [0.1, 0.15) is 6.42 Å². The molecule has 6 heteroatoms. The Hall–Kier alpha value is -0.0852. The summed E-state index contributed by atoms with van der Waals surface area (Å²) in [6.07, 6.45) is 2.54. The Bertz CT molecular complexity index is 91.0. The molecule has 0 aliphatic carbocycles. The van der Waals surface area contributed by atoms with E-state index in [1.807, 2.05) is 0 Å². The summed E-state index contributed by atoms with van der Waals surface area (Å²) in [7, 11) is 3.29. The van der Waals surface area contributed by atoms with Gasteiger partial charge in [-0.3, -0.25) is 0 Å². The summed E-state index contributed by atoms with van der Waals surface area (Å²) in [5, 5.41) is 0. The van der Waals surface area contributed by atoms with Gasteiger partial charge in [-0.05, 0) is 0 Å². The maximum atomic E-state index is 9.84. The summed E-state index contributed by atoms with van der Waals surface area (Å²) < 4.78 is 19.8. The molecule has 0 aliphatic heterocycles. The molecule has 0 radical (unpaired) electrons. The Morgan fingerprint density at radius 3 is 2.91 bits per heavy atom. The van der Waals surface area contributed by atoms with Crippen molar-refractivity contribution < 1.29 is 14.0 Å². The Labute approximate surface area is 69.8 Å². The van der Waals surface area contributed by atoms with Gasteiger partial charge in [-0.15, -0.1) is 0 Å². The fourth-order valence-electron chi connectivity index (χ4n) is 0.684. The first-order valence-electron chi connectivity index (χ1n) is 3.92. The van der Waals surface area contributed by atoms with E-state index in [0.29, 0.717) is 12.9 Å². The molecule has 0 N–H and O–H groups in total. The molecular weight excluding hydrogens is 140 g/mol. The number of hydrogen-bond donors (Lipinski definition) is 0. The van der Waals surface area contributed by atoms with E-state index in [-0.39, 0.29) is 0 Å². The minimum absolute atomic E-state index is 0.504. The van der Waals surface area contributed by atoms with Gasteiger partial charge in [-0.1, -0.05) is 0 Å². The van der Waals surface area contributed by atoms with E-state index in [9.17, 15) is 4.70 Å². The fraction of sp³-hybridized carbons (Fsp3) is 1.00. The molecule has 0 aliphatic rings. The number of rotatable bonds is 8. The first-order valence-corrected chi connectivity index (χ1v) is 3.92. The van der Waals surface area contributed by atoms with Crippen molar-refractivity contribution in [3.05, 3.63) is 0 Å². The van der Waals surface area contributed by atoms with Crippen molar-refractivity contribution in [2.45, 2.75) is 19.1 Å². The normalized spacial score (nSPS) is 9.09. The number of hydrogen-bond acceptors (Lipinski definition) is 3. The van der Waals surface area contributed by atoms with Crippen molar-refractivity contribution >= 4 is 22.7 Å². The van der Waals surface area contributed by atoms with Crippen molar-refractivity contribution in [1.29, 1.82) is 0 Å². The van der Waals surface area contributed by atoms with E-state index in [4.69, 9.17) is 9.31 Å². The van der Waals surface area contributed by atoms with E-state index < -0.39 is 0 Å². The molecule has 3 nitrogen and oxygen atoms in total. The summed E-state index contributed by atoms with van der Waals surface area (Å²) in [5.41, 5.74) is 0. The maximum absolute atomic E-state index is 9.84. The van der Waals surface area contributed by atoms with E-state index in [1.165, 1.54) is 0 Å². The molecular formula is C5H13B3O3. The van der Waals surface area contributed by atoms with Gasteiger partial charge in [0, 0.05) is 0 Å². The molecule has 0 saturated carbocycles. The molecule has 0 unspecified atom stereocenters. The predicted molar refractivity (Wildman–Crippen MR) is 48.3 cm³/mol. The molecule has 11 heavy (non-hydrogen) atoms.